The second-order valence-electron chi connectivity index (χ2n) is 4.65. The van der Waals surface area contributed by atoms with Gasteiger partial charge in [-0.25, -0.2) is 0 Å². The molecule has 1 saturated carbocycles. The predicted octanol–water partition coefficient (Wildman–Crippen LogP) is 2.50. The van der Waals surface area contributed by atoms with E-state index in [-0.39, 0.29) is 12.5 Å². The Morgan fingerprint density at radius 3 is 2.89 bits per heavy atom. The van der Waals surface area contributed by atoms with Crippen molar-refractivity contribution < 1.29 is 9.90 Å². The van der Waals surface area contributed by atoms with Crippen LogP contribution in [0.15, 0.2) is 11.4 Å². The maximum atomic E-state index is 12.6. The lowest BCUT2D eigenvalue weighted by atomic mass is 10.1. The van der Waals surface area contributed by atoms with Gasteiger partial charge in [0, 0.05) is 18.2 Å². The van der Waals surface area contributed by atoms with Crippen molar-refractivity contribution in [2.75, 3.05) is 13.2 Å². The Kier molecular flexibility index (Phi) is 5.00. The number of carbonyl (C=O) groups is 1. The molecule has 3 nitrogen and oxygen atoms in total. The first-order valence-electron chi connectivity index (χ1n) is 6.76. The molecular weight excluding hydrogens is 258 g/mol. The van der Waals surface area contributed by atoms with E-state index in [0.29, 0.717) is 10.9 Å². The summed E-state index contributed by atoms with van der Waals surface area (Å²) in [5.41, 5.74) is 0.737. The monoisotopic (exact) mass is 277 g/mol. The van der Waals surface area contributed by atoms with Crippen LogP contribution in [0.1, 0.15) is 47.8 Å². The summed E-state index contributed by atoms with van der Waals surface area (Å²) in [6, 6.07) is 2.24. The Morgan fingerprint density at radius 2 is 2.26 bits per heavy atom. The highest BCUT2D eigenvalue weighted by Crippen LogP contribution is 2.26. The summed E-state index contributed by atoms with van der Waals surface area (Å²) in [4.78, 5) is 15.3. The van der Waals surface area contributed by atoms with Gasteiger partial charge in [0.1, 0.15) is 11.5 Å². The zero-order valence-electron chi connectivity index (χ0n) is 11.2. The van der Waals surface area contributed by atoms with Crippen molar-refractivity contribution in [3.63, 3.8) is 0 Å². The van der Waals surface area contributed by atoms with Crippen LogP contribution in [0.3, 0.4) is 0 Å². The summed E-state index contributed by atoms with van der Waals surface area (Å²) in [6.45, 7) is 2.60. The molecule has 0 unspecified atom stereocenters. The third-order valence-electron chi connectivity index (χ3n) is 3.53. The molecule has 1 amide bonds. The molecule has 2 rings (SSSR count). The fourth-order valence-electron chi connectivity index (χ4n) is 2.62. The molecule has 102 valence electrons. The minimum absolute atomic E-state index is 0.0895. The zero-order valence-corrected chi connectivity index (χ0v) is 12.0. The predicted molar refractivity (Wildman–Crippen MR) is 77.2 cm³/mol. The highest BCUT2D eigenvalue weighted by molar-refractivity contribution is 7.12. The topological polar surface area (TPSA) is 40.5 Å². The highest BCUT2D eigenvalue weighted by Gasteiger charge is 2.27. The first-order valence-corrected chi connectivity index (χ1v) is 7.64. The number of carbonyl (C=O) groups excluding carboxylic acids is 1. The van der Waals surface area contributed by atoms with Gasteiger partial charge in [-0.3, -0.25) is 4.79 Å². The normalized spacial score (nSPS) is 15.1. The van der Waals surface area contributed by atoms with Gasteiger partial charge in [0.15, 0.2) is 0 Å². The number of hydrogen-bond acceptors (Lipinski definition) is 3. The Morgan fingerprint density at radius 1 is 1.53 bits per heavy atom. The number of aliphatic hydroxyl groups excluding tert-OH is 1. The van der Waals surface area contributed by atoms with Crippen molar-refractivity contribution in [1.29, 1.82) is 0 Å². The quantitative estimate of drug-likeness (QED) is 0.862. The molecule has 0 spiro atoms. The van der Waals surface area contributed by atoms with Crippen molar-refractivity contribution in [3.05, 3.63) is 21.9 Å². The molecule has 1 aromatic rings. The molecule has 1 N–H and O–H groups in total. The van der Waals surface area contributed by atoms with Gasteiger partial charge in [-0.2, -0.15) is 0 Å². The zero-order chi connectivity index (χ0) is 13.7. The maximum absolute atomic E-state index is 12.6. The van der Waals surface area contributed by atoms with Gasteiger partial charge in [0.25, 0.3) is 5.91 Å². The third kappa shape index (κ3) is 3.17. The van der Waals surface area contributed by atoms with E-state index in [0.717, 1.165) is 24.9 Å². The molecule has 1 fully saturated rings. The average Bonchev–Trinajstić information content (AvgIpc) is 3.08. The first-order chi connectivity index (χ1) is 9.27. The summed E-state index contributed by atoms with van der Waals surface area (Å²) < 4.78 is 0. The molecule has 1 aromatic heterocycles. The smallest absolute Gasteiger partial charge is 0.265 e. The Hall–Kier alpha value is -1.31. The van der Waals surface area contributed by atoms with E-state index >= 15 is 0 Å². The minimum Gasteiger partial charge on any atom is -0.384 e. The van der Waals surface area contributed by atoms with Crippen LogP contribution < -0.4 is 0 Å². The average molecular weight is 277 g/mol. The molecule has 19 heavy (non-hydrogen) atoms. The summed E-state index contributed by atoms with van der Waals surface area (Å²) in [5.74, 6) is 5.56. The lowest BCUT2D eigenvalue weighted by molar-refractivity contribution is 0.0698. The molecule has 0 saturated heterocycles. The van der Waals surface area contributed by atoms with Crippen molar-refractivity contribution in [2.24, 2.45) is 0 Å². The molecule has 1 heterocycles. The van der Waals surface area contributed by atoms with E-state index in [1.165, 1.54) is 24.2 Å². The maximum Gasteiger partial charge on any atom is 0.265 e. The lowest BCUT2D eigenvalue weighted by Crippen LogP contribution is -2.38. The second kappa shape index (κ2) is 6.74. The van der Waals surface area contributed by atoms with Gasteiger partial charge < -0.3 is 10.0 Å². The molecule has 1 aliphatic rings. The minimum atomic E-state index is -0.177. The van der Waals surface area contributed by atoms with E-state index in [1.54, 1.807) is 0 Å². The van der Waals surface area contributed by atoms with Crippen LogP contribution in [-0.4, -0.2) is 35.1 Å². The summed E-state index contributed by atoms with van der Waals surface area (Å²) in [5, 5.41) is 10.6. The van der Waals surface area contributed by atoms with Gasteiger partial charge in [-0.05, 0) is 31.2 Å². The van der Waals surface area contributed by atoms with Crippen LogP contribution in [0.5, 0.6) is 0 Å². The number of aliphatic hydroxyl groups is 1. The van der Waals surface area contributed by atoms with E-state index in [2.05, 4.69) is 11.8 Å². The van der Waals surface area contributed by atoms with E-state index < -0.39 is 0 Å². The van der Waals surface area contributed by atoms with Gasteiger partial charge in [-0.1, -0.05) is 24.7 Å². The highest BCUT2D eigenvalue weighted by atomic mass is 32.1. The van der Waals surface area contributed by atoms with Crippen LogP contribution in [-0.2, 0) is 0 Å². The third-order valence-corrected chi connectivity index (χ3v) is 4.43. The molecular formula is C15H19NO2S. The second-order valence-corrected chi connectivity index (χ2v) is 5.57. The van der Waals surface area contributed by atoms with Crippen molar-refractivity contribution in [3.8, 4) is 11.8 Å². The first kappa shape index (κ1) is 14.1. The van der Waals surface area contributed by atoms with Gasteiger partial charge >= 0.3 is 0 Å². The summed E-state index contributed by atoms with van der Waals surface area (Å²) >= 11 is 1.44. The Labute approximate surface area is 118 Å². The number of hydrogen-bond donors (Lipinski definition) is 1. The summed E-state index contributed by atoms with van der Waals surface area (Å²) in [6.07, 6.45) is 4.66. The van der Waals surface area contributed by atoms with Crippen LogP contribution in [0.4, 0.5) is 0 Å². The van der Waals surface area contributed by atoms with E-state index in [1.807, 2.05) is 23.3 Å². The van der Waals surface area contributed by atoms with Crippen LogP contribution in [0.25, 0.3) is 0 Å². The summed E-state index contributed by atoms with van der Waals surface area (Å²) in [7, 11) is 0. The Bertz CT molecular complexity index is 492. The van der Waals surface area contributed by atoms with Crippen LogP contribution in [0, 0.1) is 11.8 Å². The SMILES string of the molecule is CCN(C(=O)c1sccc1C#CCO)C1CCCC1. The number of thiophene rings is 1. The molecule has 4 heteroatoms. The van der Waals surface area contributed by atoms with Gasteiger partial charge in [-0.15, -0.1) is 11.3 Å². The molecule has 0 aliphatic heterocycles. The standard InChI is InChI=1S/C15H19NO2S/c1-2-16(13-7-3-4-8-13)15(18)14-12(6-5-10-17)9-11-19-14/h9,11,13,17H,2-4,7-8,10H2,1H3. The van der Waals surface area contributed by atoms with E-state index in [9.17, 15) is 4.79 Å². The number of amides is 1. The molecule has 0 aromatic carbocycles. The van der Waals surface area contributed by atoms with Crippen molar-refractivity contribution in [1.82, 2.24) is 4.90 Å². The van der Waals surface area contributed by atoms with Gasteiger partial charge in [0.05, 0.1) is 0 Å². The van der Waals surface area contributed by atoms with E-state index in [4.69, 9.17) is 5.11 Å². The molecule has 0 bridgehead atoms. The van der Waals surface area contributed by atoms with Gasteiger partial charge in [0.2, 0.25) is 0 Å². The lowest BCUT2D eigenvalue weighted by Gasteiger charge is -2.27. The number of rotatable bonds is 3. The fraction of sp³-hybridized carbons (Fsp3) is 0.533. The molecule has 0 atom stereocenters. The fourth-order valence-corrected chi connectivity index (χ4v) is 3.43. The van der Waals surface area contributed by atoms with Crippen molar-refractivity contribution >= 4 is 17.2 Å². The Balaban J connectivity index is 2.19. The van der Waals surface area contributed by atoms with Crippen LogP contribution in [0.2, 0.25) is 0 Å². The van der Waals surface area contributed by atoms with Crippen LogP contribution >= 0.6 is 11.3 Å². The largest absolute Gasteiger partial charge is 0.384 e. The molecule has 0 radical (unpaired) electrons. The molecule has 1 aliphatic carbocycles. The number of nitrogens with zero attached hydrogens (tertiary/aromatic N) is 1. The van der Waals surface area contributed by atoms with Crippen molar-refractivity contribution in [2.45, 2.75) is 38.6 Å².